The first-order valence-electron chi connectivity index (χ1n) is 5.84. The average Bonchev–Trinajstić information content (AvgIpc) is 2.35. The van der Waals surface area contributed by atoms with E-state index in [2.05, 4.69) is 31.2 Å². The molecule has 0 fully saturated rings. The van der Waals surface area contributed by atoms with Gasteiger partial charge in [-0.1, -0.05) is 39.0 Å². The fourth-order valence-corrected chi connectivity index (χ4v) is 1.83. The molecule has 18 heavy (non-hydrogen) atoms. The largest absolute Gasteiger partial charge is 0.290 e. The van der Waals surface area contributed by atoms with E-state index >= 15 is 0 Å². The van der Waals surface area contributed by atoms with Crippen molar-refractivity contribution in [3.63, 3.8) is 0 Å². The van der Waals surface area contributed by atoms with Crippen LogP contribution in [-0.4, -0.2) is 10.9 Å². The highest BCUT2D eigenvalue weighted by atomic mass is 16.2. The third kappa shape index (κ3) is 2.19. The number of benzene rings is 1. The predicted octanol–water partition coefficient (Wildman–Crippen LogP) is 2.14. The standard InChI is InChI=1S/C14H17N3O/c1-14(2,3)12-8-10(13(18)17-15)9-6-4-5-7-11(9)16-12/h4-8H,15H2,1-3H3,(H,17,18). The van der Waals surface area contributed by atoms with E-state index in [-0.39, 0.29) is 11.3 Å². The molecule has 0 spiro atoms. The lowest BCUT2D eigenvalue weighted by Crippen LogP contribution is -2.30. The molecule has 0 aliphatic heterocycles. The Balaban J connectivity index is 2.77. The SMILES string of the molecule is CC(C)(C)c1cc(C(=O)NN)c2ccccc2n1. The topological polar surface area (TPSA) is 68.0 Å². The maximum absolute atomic E-state index is 11.8. The summed E-state index contributed by atoms with van der Waals surface area (Å²) >= 11 is 0. The summed E-state index contributed by atoms with van der Waals surface area (Å²) < 4.78 is 0. The molecule has 1 aromatic heterocycles. The highest BCUT2D eigenvalue weighted by Gasteiger charge is 2.19. The molecule has 2 aromatic rings. The van der Waals surface area contributed by atoms with E-state index in [1.165, 1.54) is 0 Å². The number of fused-ring (bicyclic) bond motifs is 1. The molecule has 1 aromatic carbocycles. The molecule has 3 N–H and O–H groups in total. The maximum Gasteiger partial charge on any atom is 0.265 e. The van der Waals surface area contributed by atoms with Gasteiger partial charge in [-0.15, -0.1) is 0 Å². The first-order chi connectivity index (χ1) is 8.43. The zero-order valence-corrected chi connectivity index (χ0v) is 10.8. The first kappa shape index (κ1) is 12.5. The van der Waals surface area contributed by atoms with Crippen LogP contribution in [0.1, 0.15) is 36.8 Å². The molecule has 0 aliphatic carbocycles. The zero-order valence-electron chi connectivity index (χ0n) is 10.8. The summed E-state index contributed by atoms with van der Waals surface area (Å²) in [4.78, 5) is 16.4. The van der Waals surface area contributed by atoms with Crippen molar-refractivity contribution in [1.29, 1.82) is 0 Å². The minimum atomic E-state index is -0.292. The van der Waals surface area contributed by atoms with Crippen molar-refractivity contribution >= 4 is 16.8 Å². The number of amides is 1. The maximum atomic E-state index is 11.8. The Morgan fingerprint density at radius 2 is 1.94 bits per heavy atom. The third-order valence-corrected chi connectivity index (χ3v) is 2.86. The van der Waals surface area contributed by atoms with Crippen molar-refractivity contribution in [2.45, 2.75) is 26.2 Å². The Labute approximate surface area is 106 Å². The molecular formula is C14H17N3O. The van der Waals surface area contributed by atoms with Crippen LogP contribution >= 0.6 is 0 Å². The summed E-state index contributed by atoms with van der Waals surface area (Å²) in [5, 5.41) is 0.813. The zero-order chi connectivity index (χ0) is 13.3. The minimum absolute atomic E-state index is 0.117. The van der Waals surface area contributed by atoms with Crippen molar-refractivity contribution < 1.29 is 4.79 Å². The molecule has 1 heterocycles. The molecule has 0 unspecified atom stereocenters. The van der Waals surface area contributed by atoms with E-state index in [1.54, 1.807) is 0 Å². The number of hydrogen-bond donors (Lipinski definition) is 2. The van der Waals surface area contributed by atoms with E-state index < -0.39 is 0 Å². The van der Waals surface area contributed by atoms with Gasteiger partial charge in [-0.05, 0) is 12.1 Å². The van der Waals surface area contributed by atoms with Crippen LogP contribution in [0.25, 0.3) is 10.9 Å². The van der Waals surface area contributed by atoms with E-state index in [0.717, 1.165) is 16.6 Å². The van der Waals surface area contributed by atoms with Gasteiger partial charge >= 0.3 is 0 Å². The van der Waals surface area contributed by atoms with Crippen LogP contribution in [0.5, 0.6) is 0 Å². The normalized spacial score (nSPS) is 11.6. The van der Waals surface area contributed by atoms with Crippen LogP contribution in [0.2, 0.25) is 0 Å². The lowest BCUT2D eigenvalue weighted by molar-refractivity contribution is 0.0955. The molecule has 0 radical (unpaired) electrons. The van der Waals surface area contributed by atoms with Gasteiger partial charge in [0, 0.05) is 16.5 Å². The highest BCUT2D eigenvalue weighted by Crippen LogP contribution is 2.25. The van der Waals surface area contributed by atoms with Crippen molar-refractivity contribution in [2.24, 2.45) is 5.84 Å². The molecule has 4 heteroatoms. The smallest absolute Gasteiger partial charge is 0.265 e. The summed E-state index contributed by atoms with van der Waals surface area (Å²) in [7, 11) is 0. The molecule has 0 atom stereocenters. The van der Waals surface area contributed by atoms with Crippen LogP contribution in [0.4, 0.5) is 0 Å². The van der Waals surface area contributed by atoms with E-state index in [9.17, 15) is 4.79 Å². The van der Waals surface area contributed by atoms with E-state index in [0.29, 0.717) is 5.56 Å². The Kier molecular flexibility index (Phi) is 3.05. The summed E-state index contributed by atoms with van der Waals surface area (Å²) in [5.41, 5.74) is 4.31. The monoisotopic (exact) mass is 243 g/mol. The number of nitrogens with two attached hydrogens (primary N) is 1. The first-order valence-corrected chi connectivity index (χ1v) is 5.84. The fourth-order valence-electron chi connectivity index (χ4n) is 1.83. The van der Waals surface area contributed by atoms with Crippen LogP contribution in [0.15, 0.2) is 30.3 Å². The molecule has 4 nitrogen and oxygen atoms in total. The quantitative estimate of drug-likeness (QED) is 0.458. The number of carbonyl (C=O) groups is 1. The fraction of sp³-hybridized carbons (Fsp3) is 0.286. The molecule has 0 saturated heterocycles. The number of nitrogens with zero attached hydrogens (tertiary/aromatic N) is 1. The van der Waals surface area contributed by atoms with Crippen LogP contribution in [0, 0.1) is 0 Å². The van der Waals surface area contributed by atoms with Crippen LogP contribution < -0.4 is 11.3 Å². The molecule has 1 amide bonds. The Hall–Kier alpha value is -1.94. The molecule has 0 bridgehead atoms. The number of hydrogen-bond acceptors (Lipinski definition) is 3. The molecule has 0 aliphatic rings. The summed E-state index contributed by atoms with van der Waals surface area (Å²) in [6.07, 6.45) is 0. The highest BCUT2D eigenvalue weighted by molar-refractivity contribution is 6.06. The van der Waals surface area contributed by atoms with Crippen LogP contribution in [-0.2, 0) is 5.41 Å². The van der Waals surface area contributed by atoms with Gasteiger partial charge in [0.1, 0.15) is 0 Å². The second-order valence-electron chi connectivity index (χ2n) is 5.30. The van der Waals surface area contributed by atoms with Crippen molar-refractivity contribution in [2.75, 3.05) is 0 Å². The van der Waals surface area contributed by atoms with Gasteiger partial charge in [0.05, 0.1) is 11.1 Å². The summed E-state index contributed by atoms with van der Waals surface area (Å²) in [6.45, 7) is 6.19. The number of carbonyl (C=O) groups excluding carboxylic acids is 1. The number of hydrazine groups is 1. The predicted molar refractivity (Wildman–Crippen MR) is 72.1 cm³/mol. The molecule has 2 rings (SSSR count). The van der Waals surface area contributed by atoms with Gasteiger partial charge in [-0.2, -0.15) is 0 Å². The number of pyridine rings is 1. The molecule has 94 valence electrons. The number of aromatic nitrogens is 1. The van der Waals surface area contributed by atoms with Crippen molar-refractivity contribution in [3.8, 4) is 0 Å². The van der Waals surface area contributed by atoms with Gasteiger partial charge in [-0.3, -0.25) is 15.2 Å². The second kappa shape index (κ2) is 4.38. The Morgan fingerprint density at radius 1 is 1.28 bits per heavy atom. The lowest BCUT2D eigenvalue weighted by atomic mass is 9.89. The van der Waals surface area contributed by atoms with Gasteiger partial charge < -0.3 is 0 Å². The van der Waals surface area contributed by atoms with Gasteiger partial charge in [0.25, 0.3) is 5.91 Å². The average molecular weight is 243 g/mol. The summed E-state index contributed by atoms with van der Waals surface area (Å²) in [5.74, 6) is 4.94. The second-order valence-corrected chi connectivity index (χ2v) is 5.30. The summed E-state index contributed by atoms with van der Waals surface area (Å²) in [6, 6.07) is 9.38. The number of nitrogens with one attached hydrogen (secondary N) is 1. The van der Waals surface area contributed by atoms with Crippen LogP contribution in [0.3, 0.4) is 0 Å². The number of rotatable bonds is 1. The van der Waals surface area contributed by atoms with E-state index in [1.807, 2.05) is 30.3 Å². The van der Waals surface area contributed by atoms with Crippen molar-refractivity contribution in [3.05, 3.63) is 41.6 Å². The Bertz CT molecular complexity index is 600. The van der Waals surface area contributed by atoms with Gasteiger partial charge in [0.2, 0.25) is 0 Å². The third-order valence-electron chi connectivity index (χ3n) is 2.86. The minimum Gasteiger partial charge on any atom is -0.290 e. The molecule has 0 saturated carbocycles. The molecular weight excluding hydrogens is 226 g/mol. The number of para-hydroxylation sites is 1. The number of nitrogen functional groups attached to an aromatic ring is 1. The van der Waals surface area contributed by atoms with E-state index in [4.69, 9.17) is 5.84 Å². The van der Waals surface area contributed by atoms with Crippen molar-refractivity contribution in [1.82, 2.24) is 10.4 Å². The lowest BCUT2D eigenvalue weighted by Gasteiger charge is -2.19. The Morgan fingerprint density at radius 3 is 2.56 bits per heavy atom. The van der Waals surface area contributed by atoms with Gasteiger partial charge in [0.15, 0.2) is 0 Å². The van der Waals surface area contributed by atoms with Gasteiger partial charge in [-0.25, -0.2) is 5.84 Å².